The standard InChI is InChI=1S/C15H20N4/c1-9-8-11(15(3,4)5)6-7-12(9)13-14(16)17-10(2)18-19-13/h6-8H,1-5H3,(H2,16,17,18). The van der Waals surface area contributed by atoms with E-state index < -0.39 is 0 Å². The van der Waals surface area contributed by atoms with Crippen LogP contribution in [0, 0.1) is 13.8 Å². The van der Waals surface area contributed by atoms with Crippen molar-refractivity contribution in [2.45, 2.75) is 40.0 Å². The zero-order chi connectivity index (χ0) is 14.2. The molecule has 2 aromatic rings. The molecule has 0 atom stereocenters. The molecule has 0 bridgehead atoms. The molecule has 0 aliphatic carbocycles. The summed E-state index contributed by atoms with van der Waals surface area (Å²) < 4.78 is 0. The number of anilines is 1. The fraction of sp³-hybridized carbons (Fsp3) is 0.400. The lowest BCUT2D eigenvalue weighted by molar-refractivity contribution is 0.590. The van der Waals surface area contributed by atoms with Gasteiger partial charge in [-0.1, -0.05) is 39.0 Å². The van der Waals surface area contributed by atoms with E-state index in [2.05, 4.69) is 55.0 Å². The summed E-state index contributed by atoms with van der Waals surface area (Å²) in [7, 11) is 0. The van der Waals surface area contributed by atoms with Gasteiger partial charge in [-0.25, -0.2) is 4.98 Å². The molecule has 0 spiro atoms. The molecule has 100 valence electrons. The monoisotopic (exact) mass is 256 g/mol. The van der Waals surface area contributed by atoms with Crippen LogP contribution in [-0.4, -0.2) is 15.2 Å². The summed E-state index contributed by atoms with van der Waals surface area (Å²) in [6.45, 7) is 10.4. The fourth-order valence-corrected chi connectivity index (χ4v) is 2.01. The van der Waals surface area contributed by atoms with E-state index in [-0.39, 0.29) is 5.41 Å². The number of nitrogens with two attached hydrogens (primary N) is 1. The number of hydrogen-bond acceptors (Lipinski definition) is 4. The topological polar surface area (TPSA) is 64.7 Å². The van der Waals surface area contributed by atoms with E-state index in [1.165, 1.54) is 5.56 Å². The molecule has 0 fully saturated rings. The summed E-state index contributed by atoms with van der Waals surface area (Å²) in [6.07, 6.45) is 0. The third kappa shape index (κ3) is 2.72. The number of nitrogens with zero attached hydrogens (tertiary/aromatic N) is 3. The van der Waals surface area contributed by atoms with E-state index in [4.69, 9.17) is 5.73 Å². The zero-order valence-corrected chi connectivity index (χ0v) is 12.2. The van der Waals surface area contributed by atoms with Crippen LogP contribution in [0.1, 0.15) is 37.7 Å². The second-order valence-electron chi connectivity index (χ2n) is 5.87. The van der Waals surface area contributed by atoms with E-state index in [0.29, 0.717) is 17.3 Å². The van der Waals surface area contributed by atoms with E-state index in [0.717, 1.165) is 11.1 Å². The first kappa shape index (κ1) is 13.5. The molecule has 1 aromatic heterocycles. The van der Waals surface area contributed by atoms with Crippen molar-refractivity contribution in [2.75, 3.05) is 5.73 Å². The minimum atomic E-state index is 0.131. The molecule has 0 aliphatic rings. The number of benzene rings is 1. The minimum absolute atomic E-state index is 0.131. The Balaban J connectivity index is 2.52. The van der Waals surface area contributed by atoms with Crippen LogP contribution in [0.3, 0.4) is 0 Å². The lowest BCUT2D eigenvalue weighted by Gasteiger charge is -2.20. The van der Waals surface area contributed by atoms with Crippen LogP contribution < -0.4 is 5.73 Å². The molecule has 0 saturated heterocycles. The molecule has 0 radical (unpaired) electrons. The largest absolute Gasteiger partial charge is 0.382 e. The molecule has 2 rings (SSSR count). The molecule has 2 N–H and O–H groups in total. The summed E-state index contributed by atoms with van der Waals surface area (Å²) >= 11 is 0. The first-order valence-electron chi connectivity index (χ1n) is 6.37. The molecule has 0 unspecified atom stereocenters. The van der Waals surface area contributed by atoms with Gasteiger partial charge in [0.15, 0.2) is 5.82 Å². The van der Waals surface area contributed by atoms with Crippen LogP contribution in [0.4, 0.5) is 5.82 Å². The number of rotatable bonds is 1. The summed E-state index contributed by atoms with van der Waals surface area (Å²) in [6, 6.07) is 6.34. The molecule has 19 heavy (non-hydrogen) atoms. The van der Waals surface area contributed by atoms with E-state index in [1.54, 1.807) is 6.92 Å². The van der Waals surface area contributed by atoms with Crippen LogP contribution in [0.2, 0.25) is 0 Å². The normalized spacial score (nSPS) is 11.6. The predicted octanol–water partition coefficient (Wildman–Crippen LogP) is 3.04. The first-order valence-corrected chi connectivity index (χ1v) is 6.37. The van der Waals surface area contributed by atoms with Gasteiger partial charge in [0.25, 0.3) is 0 Å². The van der Waals surface area contributed by atoms with E-state index in [9.17, 15) is 0 Å². The van der Waals surface area contributed by atoms with Crippen LogP contribution in [0.5, 0.6) is 0 Å². The Morgan fingerprint density at radius 3 is 2.26 bits per heavy atom. The number of aromatic nitrogens is 3. The summed E-state index contributed by atoms with van der Waals surface area (Å²) in [4.78, 5) is 4.17. The van der Waals surface area contributed by atoms with Gasteiger partial charge < -0.3 is 5.73 Å². The average molecular weight is 256 g/mol. The third-order valence-electron chi connectivity index (χ3n) is 3.17. The van der Waals surface area contributed by atoms with Gasteiger partial charge in [0.2, 0.25) is 0 Å². The molecule has 0 saturated carbocycles. The second-order valence-corrected chi connectivity index (χ2v) is 5.87. The quantitative estimate of drug-likeness (QED) is 0.851. The lowest BCUT2D eigenvalue weighted by atomic mass is 9.85. The first-order chi connectivity index (χ1) is 8.79. The van der Waals surface area contributed by atoms with Crippen molar-refractivity contribution in [3.05, 3.63) is 35.2 Å². The maximum atomic E-state index is 5.93. The van der Waals surface area contributed by atoms with Gasteiger partial charge in [-0.3, -0.25) is 0 Å². The second kappa shape index (κ2) is 4.61. The van der Waals surface area contributed by atoms with Crippen molar-refractivity contribution in [2.24, 2.45) is 0 Å². The van der Waals surface area contributed by atoms with Crippen molar-refractivity contribution < 1.29 is 0 Å². The SMILES string of the molecule is Cc1nnc(-c2ccc(C(C)(C)C)cc2C)c(N)n1. The van der Waals surface area contributed by atoms with Gasteiger partial charge in [-0.15, -0.1) is 10.2 Å². The maximum Gasteiger partial charge on any atom is 0.154 e. The number of hydrogen-bond donors (Lipinski definition) is 1. The average Bonchev–Trinajstić information content (AvgIpc) is 2.28. The highest BCUT2D eigenvalue weighted by Gasteiger charge is 2.16. The van der Waals surface area contributed by atoms with Crippen molar-refractivity contribution in [1.29, 1.82) is 0 Å². The van der Waals surface area contributed by atoms with E-state index >= 15 is 0 Å². The lowest BCUT2D eigenvalue weighted by Crippen LogP contribution is -2.11. The van der Waals surface area contributed by atoms with Crippen molar-refractivity contribution in [1.82, 2.24) is 15.2 Å². The smallest absolute Gasteiger partial charge is 0.154 e. The van der Waals surface area contributed by atoms with Crippen LogP contribution in [-0.2, 0) is 5.41 Å². The van der Waals surface area contributed by atoms with Crippen molar-refractivity contribution >= 4 is 5.82 Å². The van der Waals surface area contributed by atoms with Gasteiger partial charge in [-0.2, -0.15) is 0 Å². The molecule has 0 amide bonds. The van der Waals surface area contributed by atoms with Crippen LogP contribution in [0.25, 0.3) is 11.3 Å². The van der Waals surface area contributed by atoms with Crippen molar-refractivity contribution in [3.8, 4) is 11.3 Å². The Morgan fingerprint density at radius 2 is 1.74 bits per heavy atom. The van der Waals surface area contributed by atoms with E-state index in [1.807, 2.05) is 6.07 Å². The Kier molecular flexibility index (Phi) is 3.27. The van der Waals surface area contributed by atoms with Crippen LogP contribution >= 0.6 is 0 Å². The molecule has 4 nitrogen and oxygen atoms in total. The third-order valence-corrected chi connectivity index (χ3v) is 3.17. The molecule has 4 heteroatoms. The number of nitrogen functional groups attached to an aromatic ring is 1. The molecule has 1 heterocycles. The van der Waals surface area contributed by atoms with Gasteiger partial charge in [0, 0.05) is 5.56 Å². The predicted molar refractivity (Wildman–Crippen MR) is 77.8 cm³/mol. The highest BCUT2D eigenvalue weighted by atomic mass is 15.2. The van der Waals surface area contributed by atoms with Gasteiger partial charge in [-0.05, 0) is 30.4 Å². The summed E-state index contributed by atoms with van der Waals surface area (Å²) in [5, 5.41) is 8.15. The molecular formula is C15H20N4. The molecule has 0 aliphatic heterocycles. The van der Waals surface area contributed by atoms with Crippen LogP contribution in [0.15, 0.2) is 18.2 Å². The Bertz CT molecular complexity index is 612. The Labute approximate surface area is 114 Å². The summed E-state index contributed by atoms with van der Waals surface area (Å²) in [5.74, 6) is 1.02. The van der Waals surface area contributed by atoms with Crippen molar-refractivity contribution in [3.63, 3.8) is 0 Å². The Morgan fingerprint density at radius 1 is 1.05 bits per heavy atom. The molecular weight excluding hydrogens is 236 g/mol. The zero-order valence-electron chi connectivity index (χ0n) is 12.2. The summed E-state index contributed by atoms with van der Waals surface area (Å²) in [5.41, 5.74) is 10.1. The fourth-order valence-electron chi connectivity index (χ4n) is 2.01. The highest BCUT2D eigenvalue weighted by Crippen LogP contribution is 2.30. The highest BCUT2D eigenvalue weighted by molar-refractivity contribution is 5.72. The Hall–Kier alpha value is -1.97. The molecule has 1 aromatic carbocycles. The number of aryl methyl sites for hydroxylation is 2. The minimum Gasteiger partial charge on any atom is -0.382 e. The maximum absolute atomic E-state index is 5.93. The van der Waals surface area contributed by atoms with Gasteiger partial charge in [0.1, 0.15) is 11.5 Å². The van der Waals surface area contributed by atoms with Gasteiger partial charge >= 0.3 is 0 Å². The van der Waals surface area contributed by atoms with Gasteiger partial charge in [0.05, 0.1) is 0 Å².